The van der Waals surface area contributed by atoms with Crippen LogP contribution in [0.1, 0.15) is 6.92 Å². The van der Waals surface area contributed by atoms with Crippen LogP contribution in [0.3, 0.4) is 0 Å². The van der Waals surface area contributed by atoms with Crippen molar-refractivity contribution in [2.24, 2.45) is 23.7 Å². The second kappa shape index (κ2) is 1.03. The third-order valence-electron chi connectivity index (χ3n) is 3.11. The quantitative estimate of drug-likeness (QED) is 0.427. The molecule has 0 aromatic heterocycles. The zero-order valence-electron chi connectivity index (χ0n) is 5.54. The smallest absolute Gasteiger partial charge is 0.00106 e. The van der Waals surface area contributed by atoms with Crippen LogP contribution in [0.15, 0.2) is 23.8 Å². The Bertz CT molecular complexity index is 222. The molecule has 0 nitrogen and oxygen atoms in total. The summed E-state index contributed by atoms with van der Waals surface area (Å²) in [6.07, 6.45) is 7.23. The maximum Gasteiger partial charge on any atom is -0.00106 e. The van der Waals surface area contributed by atoms with Gasteiger partial charge in [-0.3, -0.25) is 0 Å². The van der Waals surface area contributed by atoms with Crippen LogP contribution in [0.4, 0.5) is 0 Å². The molecule has 0 radical (unpaired) electrons. The van der Waals surface area contributed by atoms with Crippen molar-refractivity contribution in [3.8, 4) is 0 Å². The molecule has 0 spiro atoms. The molecule has 1 saturated carbocycles. The van der Waals surface area contributed by atoms with Crippen molar-refractivity contribution in [2.75, 3.05) is 0 Å². The highest BCUT2D eigenvalue weighted by Gasteiger charge is 2.58. The van der Waals surface area contributed by atoms with E-state index in [1.807, 2.05) is 0 Å². The highest BCUT2D eigenvalue weighted by atomic mass is 14.6. The Morgan fingerprint density at radius 1 is 1.33 bits per heavy atom. The average Bonchev–Trinajstić information content (AvgIpc) is 2.34. The molecule has 3 rings (SSSR count). The highest BCUT2D eigenvalue weighted by molar-refractivity contribution is 5.39. The van der Waals surface area contributed by atoms with Gasteiger partial charge in [-0.1, -0.05) is 23.8 Å². The summed E-state index contributed by atoms with van der Waals surface area (Å²) >= 11 is 0. The van der Waals surface area contributed by atoms with E-state index in [0.717, 1.165) is 23.7 Å². The highest BCUT2D eigenvalue weighted by Crippen LogP contribution is 2.64. The fourth-order valence-corrected chi connectivity index (χ4v) is 2.68. The molecule has 0 aromatic rings. The van der Waals surface area contributed by atoms with Gasteiger partial charge in [-0.15, -0.1) is 0 Å². The van der Waals surface area contributed by atoms with Crippen LogP contribution in [-0.2, 0) is 0 Å². The van der Waals surface area contributed by atoms with Gasteiger partial charge >= 0.3 is 0 Å². The minimum absolute atomic E-state index is 0.847. The Kier molecular flexibility index (Phi) is 0.493. The number of hydrogen-bond donors (Lipinski definition) is 0. The van der Waals surface area contributed by atoms with Gasteiger partial charge in [0, 0.05) is 0 Å². The minimum Gasteiger partial charge on any atom is -0.0839 e. The van der Waals surface area contributed by atoms with Crippen LogP contribution in [0.5, 0.6) is 0 Å². The predicted molar refractivity (Wildman–Crippen MR) is 36.9 cm³/mol. The van der Waals surface area contributed by atoms with Crippen molar-refractivity contribution in [2.45, 2.75) is 6.92 Å². The third-order valence-corrected chi connectivity index (χ3v) is 3.11. The van der Waals surface area contributed by atoms with E-state index in [1.54, 1.807) is 5.57 Å². The largest absolute Gasteiger partial charge is 0.0839 e. The molecule has 9 heavy (non-hydrogen) atoms. The van der Waals surface area contributed by atoms with Crippen molar-refractivity contribution < 1.29 is 0 Å². The summed E-state index contributed by atoms with van der Waals surface area (Å²) in [4.78, 5) is 0. The lowest BCUT2D eigenvalue weighted by atomic mass is 10.1. The van der Waals surface area contributed by atoms with Crippen LogP contribution < -0.4 is 0 Å². The normalized spacial score (nSPS) is 57.7. The van der Waals surface area contributed by atoms with E-state index >= 15 is 0 Å². The maximum absolute atomic E-state index is 2.44. The lowest BCUT2D eigenvalue weighted by Crippen LogP contribution is -1.86. The van der Waals surface area contributed by atoms with Gasteiger partial charge in [-0.2, -0.15) is 0 Å². The van der Waals surface area contributed by atoms with Gasteiger partial charge in [0.2, 0.25) is 0 Å². The Balaban J connectivity index is 2.15. The molecule has 0 aromatic carbocycles. The van der Waals surface area contributed by atoms with Crippen molar-refractivity contribution in [1.29, 1.82) is 0 Å². The van der Waals surface area contributed by atoms with Crippen molar-refractivity contribution >= 4 is 0 Å². The summed E-state index contributed by atoms with van der Waals surface area (Å²) in [7, 11) is 0. The summed E-state index contributed by atoms with van der Waals surface area (Å²) in [6.45, 7) is 2.28. The van der Waals surface area contributed by atoms with Gasteiger partial charge in [0.25, 0.3) is 0 Å². The Morgan fingerprint density at radius 2 is 2.22 bits per heavy atom. The summed E-state index contributed by atoms with van der Waals surface area (Å²) in [5.74, 6) is 3.84. The van der Waals surface area contributed by atoms with Gasteiger partial charge < -0.3 is 0 Å². The molecule has 46 valence electrons. The van der Waals surface area contributed by atoms with Gasteiger partial charge in [0.1, 0.15) is 0 Å². The van der Waals surface area contributed by atoms with E-state index in [4.69, 9.17) is 0 Å². The molecule has 4 unspecified atom stereocenters. The van der Waals surface area contributed by atoms with Crippen LogP contribution in [0.2, 0.25) is 0 Å². The summed E-state index contributed by atoms with van der Waals surface area (Å²) in [5, 5.41) is 0. The SMILES string of the molecule is CC1=CC2C=CC3C1C23. The molecule has 1 fully saturated rings. The predicted octanol–water partition coefficient (Wildman–Crippen LogP) is 1.99. The second-order valence-electron chi connectivity index (χ2n) is 3.55. The van der Waals surface area contributed by atoms with E-state index in [0.29, 0.717) is 0 Å². The molecule has 3 aliphatic rings. The number of allylic oxidation sites excluding steroid dienone is 4. The molecule has 0 N–H and O–H groups in total. The number of fused-ring (bicyclic) bond motifs is 1. The Hall–Kier alpha value is -0.520. The van der Waals surface area contributed by atoms with Gasteiger partial charge in [0.15, 0.2) is 0 Å². The molecule has 0 heterocycles. The molecule has 0 heteroatoms. The summed E-state index contributed by atoms with van der Waals surface area (Å²) < 4.78 is 0. The molecule has 0 amide bonds. The molecular weight excluding hydrogens is 108 g/mol. The lowest BCUT2D eigenvalue weighted by Gasteiger charge is -1.93. The van der Waals surface area contributed by atoms with E-state index in [1.165, 1.54) is 0 Å². The molecule has 0 aliphatic heterocycles. The Morgan fingerprint density at radius 3 is 2.78 bits per heavy atom. The van der Waals surface area contributed by atoms with Crippen LogP contribution in [0.25, 0.3) is 0 Å². The standard InChI is InChI=1S/C9H10/c1-5-4-6-2-3-7-8(5)9(6)7/h2-4,6-9H,1H3. The minimum atomic E-state index is 0.847. The fraction of sp³-hybridized carbons (Fsp3) is 0.556. The zero-order valence-corrected chi connectivity index (χ0v) is 5.54. The second-order valence-corrected chi connectivity index (χ2v) is 3.55. The topological polar surface area (TPSA) is 0 Å². The van der Waals surface area contributed by atoms with Crippen molar-refractivity contribution in [3.05, 3.63) is 23.8 Å². The van der Waals surface area contributed by atoms with E-state index in [-0.39, 0.29) is 0 Å². The Labute approximate surface area is 55.3 Å². The van der Waals surface area contributed by atoms with Crippen molar-refractivity contribution in [3.63, 3.8) is 0 Å². The first-order valence-corrected chi connectivity index (χ1v) is 3.74. The third kappa shape index (κ3) is 0.320. The van der Waals surface area contributed by atoms with Crippen LogP contribution in [0, 0.1) is 23.7 Å². The average molecular weight is 118 g/mol. The van der Waals surface area contributed by atoms with E-state index in [9.17, 15) is 0 Å². The van der Waals surface area contributed by atoms with Gasteiger partial charge in [-0.05, 0) is 30.6 Å². The molecular formula is C9H10. The molecule has 0 saturated heterocycles. The summed E-state index contributed by atoms with van der Waals surface area (Å²) in [6, 6.07) is 0. The number of rotatable bonds is 0. The zero-order chi connectivity index (χ0) is 6.01. The maximum atomic E-state index is 2.44. The molecule has 4 atom stereocenters. The molecule has 0 bridgehead atoms. The van der Waals surface area contributed by atoms with E-state index in [2.05, 4.69) is 25.2 Å². The van der Waals surface area contributed by atoms with E-state index < -0.39 is 0 Å². The van der Waals surface area contributed by atoms with Crippen LogP contribution in [-0.4, -0.2) is 0 Å². The summed E-state index contributed by atoms with van der Waals surface area (Å²) in [5.41, 5.74) is 1.65. The monoisotopic (exact) mass is 118 g/mol. The lowest BCUT2D eigenvalue weighted by molar-refractivity contribution is 0.704. The number of hydrogen-bond acceptors (Lipinski definition) is 0. The first kappa shape index (κ1) is 4.32. The first-order valence-electron chi connectivity index (χ1n) is 3.74. The fourth-order valence-electron chi connectivity index (χ4n) is 2.68. The first-order chi connectivity index (χ1) is 4.38. The molecule has 3 aliphatic carbocycles. The van der Waals surface area contributed by atoms with Gasteiger partial charge in [0.05, 0.1) is 0 Å². The van der Waals surface area contributed by atoms with Gasteiger partial charge in [-0.25, -0.2) is 0 Å². The van der Waals surface area contributed by atoms with Crippen molar-refractivity contribution in [1.82, 2.24) is 0 Å². The van der Waals surface area contributed by atoms with Crippen LogP contribution >= 0.6 is 0 Å².